The minimum absolute atomic E-state index is 2.42. The number of hydrogen-bond donors (Lipinski definition) is 2. The van der Waals surface area contributed by atoms with E-state index in [4.69, 9.17) is 9.79 Å². The highest BCUT2D eigenvalue weighted by Gasteiger charge is 2.50. The minimum atomic E-state index is -5.95. The van der Waals surface area contributed by atoms with Crippen LogP contribution < -0.4 is 0 Å². The Labute approximate surface area is 95.5 Å². The summed E-state index contributed by atoms with van der Waals surface area (Å²) in [5, 5.41) is 0. The lowest BCUT2D eigenvalue weighted by Crippen LogP contribution is -2.19. The smallest absolute Gasteiger partial charge is 0.316 e. The average Bonchev–Trinajstić information content (AvgIpc) is 2.07. The molecule has 0 aliphatic heterocycles. The van der Waals surface area contributed by atoms with Crippen molar-refractivity contribution in [2.24, 2.45) is 0 Å². The Bertz CT molecular complexity index is 347. The molecule has 18 heavy (non-hydrogen) atoms. The van der Waals surface area contributed by atoms with E-state index in [0.717, 1.165) is 0 Å². The van der Waals surface area contributed by atoms with Crippen molar-refractivity contribution < 1.29 is 54.3 Å². The standard InChI is InChI=1S/C4H6F6O6P2/c5-3(6,7)1-15-18(14,17(11,12)13)16-2-4(8,9)10/h1-2H2,(H2,11,12,13). The van der Waals surface area contributed by atoms with Crippen molar-refractivity contribution in [1.29, 1.82) is 0 Å². The molecule has 0 unspecified atom stereocenters. The van der Waals surface area contributed by atoms with Crippen molar-refractivity contribution in [3.05, 3.63) is 0 Å². The van der Waals surface area contributed by atoms with Gasteiger partial charge in [0.15, 0.2) is 13.2 Å². The first-order valence-electron chi connectivity index (χ1n) is 3.75. The molecule has 14 heteroatoms. The fourth-order valence-corrected chi connectivity index (χ4v) is 2.74. The summed E-state index contributed by atoms with van der Waals surface area (Å²) < 4.78 is 98.3. The highest BCUT2D eigenvalue weighted by Crippen LogP contribution is 2.78. The van der Waals surface area contributed by atoms with Crippen molar-refractivity contribution in [1.82, 2.24) is 0 Å². The molecular formula is C4H6F6O6P2. The van der Waals surface area contributed by atoms with Crippen molar-refractivity contribution in [3.8, 4) is 0 Å². The SMILES string of the molecule is O=P(O)(O)P(=O)(OCC(F)(F)F)OCC(F)(F)F. The Morgan fingerprint density at radius 2 is 1.11 bits per heavy atom. The Morgan fingerprint density at radius 3 is 1.28 bits per heavy atom. The molecule has 0 radical (unpaired) electrons. The molecule has 0 heterocycles. The lowest BCUT2D eigenvalue weighted by molar-refractivity contribution is -0.164. The van der Waals surface area contributed by atoms with Gasteiger partial charge in [-0.1, -0.05) is 0 Å². The molecule has 0 aliphatic carbocycles. The molecule has 0 saturated heterocycles. The molecule has 2 N–H and O–H groups in total. The Morgan fingerprint density at radius 1 is 0.833 bits per heavy atom. The molecule has 0 atom stereocenters. The van der Waals surface area contributed by atoms with Crippen LogP contribution in [-0.2, 0) is 18.2 Å². The van der Waals surface area contributed by atoms with E-state index in [1.165, 1.54) is 0 Å². The van der Waals surface area contributed by atoms with Gasteiger partial charge in [0.1, 0.15) is 0 Å². The van der Waals surface area contributed by atoms with Crippen LogP contribution in [0, 0.1) is 0 Å². The summed E-state index contributed by atoms with van der Waals surface area (Å²) in [5.41, 5.74) is 0. The van der Waals surface area contributed by atoms with Crippen LogP contribution in [0.3, 0.4) is 0 Å². The molecule has 0 saturated carbocycles. The van der Waals surface area contributed by atoms with Crippen molar-refractivity contribution in [2.75, 3.05) is 13.2 Å². The lowest BCUT2D eigenvalue weighted by Gasteiger charge is -2.20. The Hall–Kier alpha value is -0.120. The summed E-state index contributed by atoms with van der Waals surface area (Å²) in [7, 11) is -11.8. The second kappa shape index (κ2) is 5.48. The van der Waals surface area contributed by atoms with Crippen LogP contribution in [0.15, 0.2) is 0 Å². The summed E-state index contributed by atoms with van der Waals surface area (Å²) in [6.07, 6.45) is -10.3. The van der Waals surface area contributed by atoms with Crippen molar-refractivity contribution in [2.45, 2.75) is 12.4 Å². The monoisotopic (exact) mass is 326 g/mol. The first kappa shape index (κ1) is 17.9. The molecule has 110 valence electrons. The molecular weight excluding hydrogens is 320 g/mol. The zero-order chi connectivity index (χ0) is 14.8. The van der Waals surface area contributed by atoms with Gasteiger partial charge in [-0.2, -0.15) is 26.3 Å². The lowest BCUT2D eigenvalue weighted by atomic mass is 10.7. The normalized spacial score (nSPS) is 14.9. The number of halogens is 6. The first-order chi connectivity index (χ1) is 7.66. The van der Waals surface area contributed by atoms with Crippen LogP contribution in [0.25, 0.3) is 0 Å². The van der Waals surface area contributed by atoms with E-state index >= 15 is 0 Å². The Balaban J connectivity index is 4.88. The maximum Gasteiger partial charge on any atom is 0.441 e. The van der Waals surface area contributed by atoms with E-state index in [2.05, 4.69) is 9.05 Å². The van der Waals surface area contributed by atoms with Gasteiger partial charge in [-0.25, -0.2) is 9.13 Å². The highest BCUT2D eigenvalue weighted by molar-refractivity contribution is 8.26. The van der Waals surface area contributed by atoms with Gasteiger partial charge in [-0.05, 0) is 0 Å². The fraction of sp³-hybridized carbons (Fsp3) is 1.00. The zero-order valence-corrected chi connectivity index (χ0v) is 9.89. The summed E-state index contributed by atoms with van der Waals surface area (Å²) in [6, 6.07) is 0. The number of rotatable bonds is 5. The molecule has 0 fully saturated rings. The fourth-order valence-electron chi connectivity index (χ4n) is 0.497. The average molecular weight is 326 g/mol. The van der Waals surface area contributed by atoms with Crippen LogP contribution in [-0.4, -0.2) is 35.4 Å². The third kappa shape index (κ3) is 6.72. The van der Waals surface area contributed by atoms with Crippen LogP contribution in [0.5, 0.6) is 0 Å². The Kier molecular flexibility index (Phi) is 5.44. The third-order valence-electron chi connectivity index (χ3n) is 1.10. The van der Waals surface area contributed by atoms with E-state index in [9.17, 15) is 35.5 Å². The minimum Gasteiger partial charge on any atom is -0.316 e. The van der Waals surface area contributed by atoms with Crippen molar-refractivity contribution in [3.63, 3.8) is 0 Å². The van der Waals surface area contributed by atoms with Crippen LogP contribution >= 0.6 is 14.6 Å². The molecule has 0 aliphatic rings. The second-order valence-electron chi connectivity index (χ2n) is 2.76. The second-order valence-corrected chi connectivity index (χ2v) is 8.27. The molecule has 0 aromatic heterocycles. The maximum atomic E-state index is 11.7. The van der Waals surface area contributed by atoms with Crippen LogP contribution in [0.4, 0.5) is 26.3 Å². The van der Waals surface area contributed by atoms with Gasteiger partial charge >= 0.3 is 26.9 Å². The summed E-state index contributed by atoms with van der Waals surface area (Å²) in [4.78, 5) is 16.8. The summed E-state index contributed by atoms with van der Waals surface area (Å²) in [6.45, 7) is -4.85. The predicted octanol–water partition coefficient (Wildman–Crippen LogP) is 2.43. The number of hydrogen-bond acceptors (Lipinski definition) is 4. The predicted molar refractivity (Wildman–Crippen MR) is 43.7 cm³/mol. The van der Waals surface area contributed by atoms with Gasteiger partial charge in [-0.15, -0.1) is 0 Å². The van der Waals surface area contributed by atoms with Gasteiger partial charge < -0.3 is 9.79 Å². The van der Waals surface area contributed by atoms with Gasteiger partial charge in [0, 0.05) is 0 Å². The molecule has 0 aromatic carbocycles. The third-order valence-corrected chi connectivity index (χ3v) is 5.26. The van der Waals surface area contributed by atoms with Gasteiger partial charge in [0.2, 0.25) is 0 Å². The van der Waals surface area contributed by atoms with Gasteiger partial charge in [0.05, 0.1) is 0 Å². The van der Waals surface area contributed by atoms with Gasteiger partial charge in [-0.3, -0.25) is 9.05 Å². The number of alkyl halides is 6. The van der Waals surface area contributed by atoms with E-state index in [1.54, 1.807) is 0 Å². The van der Waals surface area contributed by atoms with E-state index in [0.29, 0.717) is 0 Å². The van der Waals surface area contributed by atoms with E-state index in [-0.39, 0.29) is 0 Å². The first-order valence-corrected chi connectivity index (χ1v) is 7.61. The van der Waals surface area contributed by atoms with Crippen molar-refractivity contribution >= 4 is 14.6 Å². The summed E-state index contributed by atoms with van der Waals surface area (Å²) >= 11 is 0. The molecule has 6 nitrogen and oxygen atoms in total. The van der Waals surface area contributed by atoms with E-state index in [1.807, 2.05) is 0 Å². The maximum absolute atomic E-state index is 11.7. The topological polar surface area (TPSA) is 93.1 Å². The highest BCUT2D eigenvalue weighted by atomic mass is 32.1. The molecule has 0 rings (SSSR count). The molecule has 0 amide bonds. The molecule has 0 spiro atoms. The van der Waals surface area contributed by atoms with E-state index < -0.39 is 40.1 Å². The van der Waals surface area contributed by atoms with Gasteiger partial charge in [0.25, 0.3) is 0 Å². The molecule has 0 aromatic rings. The van der Waals surface area contributed by atoms with Crippen LogP contribution in [0.2, 0.25) is 0 Å². The quantitative estimate of drug-likeness (QED) is 0.595. The summed E-state index contributed by atoms with van der Waals surface area (Å²) in [5.74, 6) is 0. The largest absolute Gasteiger partial charge is 0.441 e. The van der Waals surface area contributed by atoms with Crippen LogP contribution in [0.1, 0.15) is 0 Å². The zero-order valence-electron chi connectivity index (χ0n) is 8.10. The molecule has 0 bridgehead atoms.